The Kier molecular flexibility index (Phi) is 7.04. The van der Waals surface area contributed by atoms with Crippen LogP contribution in [-0.2, 0) is 4.79 Å². The number of unbranched alkanes of at least 4 members (excludes halogenated alkanes) is 1. The van der Waals surface area contributed by atoms with Crippen molar-refractivity contribution in [3.63, 3.8) is 0 Å². The van der Waals surface area contributed by atoms with Gasteiger partial charge in [-0.25, -0.2) is 0 Å². The minimum atomic E-state index is 0.0909. The van der Waals surface area contributed by atoms with E-state index in [0.29, 0.717) is 11.4 Å². The predicted octanol–water partition coefficient (Wildman–Crippen LogP) is 4.32. The second kappa shape index (κ2) is 9.06. The highest BCUT2D eigenvalue weighted by Crippen LogP contribution is 2.14. The number of hydrogen-bond acceptors (Lipinski definition) is 2. The van der Waals surface area contributed by atoms with Gasteiger partial charge in [0, 0.05) is 17.1 Å². The topological polar surface area (TPSA) is 32.3 Å². The highest BCUT2D eigenvalue weighted by atomic mass is 35.5. The third kappa shape index (κ3) is 6.49. The van der Waals surface area contributed by atoms with Crippen LogP contribution in [0, 0.1) is 0 Å². The standard InChI is InChI=1S/C17H25ClN2O/c18-15-8-10-16(11-9-15)19-17(21)7-3-6-14-20-12-4-1-2-5-13-20/h8-11H,1-7,12-14H2,(H,19,21). The lowest BCUT2D eigenvalue weighted by Crippen LogP contribution is -2.25. The summed E-state index contributed by atoms with van der Waals surface area (Å²) in [5.74, 6) is 0.0909. The van der Waals surface area contributed by atoms with Crippen molar-refractivity contribution in [3.8, 4) is 0 Å². The van der Waals surface area contributed by atoms with Crippen LogP contribution < -0.4 is 5.32 Å². The van der Waals surface area contributed by atoms with Crippen LogP contribution in [0.4, 0.5) is 5.69 Å². The average molecular weight is 309 g/mol. The van der Waals surface area contributed by atoms with E-state index < -0.39 is 0 Å². The molecule has 4 heteroatoms. The van der Waals surface area contributed by atoms with Crippen molar-refractivity contribution >= 4 is 23.2 Å². The van der Waals surface area contributed by atoms with Crippen LogP contribution in [0.5, 0.6) is 0 Å². The first-order chi connectivity index (χ1) is 10.2. The van der Waals surface area contributed by atoms with E-state index >= 15 is 0 Å². The maximum absolute atomic E-state index is 11.8. The van der Waals surface area contributed by atoms with Gasteiger partial charge in [-0.05, 0) is 69.6 Å². The molecule has 0 aliphatic carbocycles. The van der Waals surface area contributed by atoms with Crippen LogP contribution in [0.3, 0.4) is 0 Å². The number of halogens is 1. The molecule has 1 N–H and O–H groups in total. The summed E-state index contributed by atoms with van der Waals surface area (Å²) in [5, 5.41) is 3.59. The van der Waals surface area contributed by atoms with Gasteiger partial charge in [-0.2, -0.15) is 0 Å². The summed E-state index contributed by atoms with van der Waals surface area (Å²) in [4.78, 5) is 14.4. The molecule has 0 radical (unpaired) electrons. The van der Waals surface area contributed by atoms with Crippen molar-refractivity contribution in [1.82, 2.24) is 4.90 Å². The van der Waals surface area contributed by atoms with Crippen molar-refractivity contribution in [2.75, 3.05) is 25.0 Å². The van der Waals surface area contributed by atoms with E-state index in [0.717, 1.165) is 25.1 Å². The van der Waals surface area contributed by atoms with Gasteiger partial charge in [0.1, 0.15) is 0 Å². The first-order valence-electron chi connectivity index (χ1n) is 8.02. The van der Waals surface area contributed by atoms with Crippen molar-refractivity contribution in [2.24, 2.45) is 0 Å². The van der Waals surface area contributed by atoms with Gasteiger partial charge in [0.05, 0.1) is 0 Å². The smallest absolute Gasteiger partial charge is 0.224 e. The number of likely N-dealkylation sites (tertiary alicyclic amines) is 1. The fourth-order valence-corrected chi connectivity index (χ4v) is 2.86. The number of carbonyl (C=O) groups excluding carboxylic acids is 1. The monoisotopic (exact) mass is 308 g/mol. The highest BCUT2D eigenvalue weighted by Gasteiger charge is 2.09. The van der Waals surface area contributed by atoms with Crippen molar-refractivity contribution in [3.05, 3.63) is 29.3 Å². The summed E-state index contributed by atoms with van der Waals surface area (Å²) in [7, 11) is 0. The Morgan fingerprint density at radius 1 is 1.05 bits per heavy atom. The molecule has 3 nitrogen and oxygen atoms in total. The van der Waals surface area contributed by atoms with Gasteiger partial charge in [-0.1, -0.05) is 24.4 Å². The first-order valence-corrected chi connectivity index (χ1v) is 8.39. The fourth-order valence-electron chi connectivity index (χ4n) is 2.74. The van der Waals surface area contributed by atoms with Crippen LogP contribution in [0.15, 0.2) is 24.3 Å². The SMILES string of the molecule is O=C(CCCCN1CCCCCC1)Nc1ccc(Cl)cc1. The molecule has 1 fully saturated rings. The minimum Gasteiger partial charge on any atom is -0.326 e. The number of rotatable bonds is 6. The van der Waals surface area contributed by atoms with Gasteiger partial charge in [-0.15, -0.1) is 0 Å². The van der Waals surface area contributed by atoms with E-state index in [4.69, 9.17) is 11.6 Å². The number of nitrogens with zero attached hydrogens (tertiary/aromatic N) is 1. The first kappa shape index (κ1) is 16.3. The fraction of sp³-hybridized carbons (Fsp3) is 0.588. The Hall–Kier alpha value is -1.06. The van der Waals surface area contributed by atoms with E-state index in [2.05, 4.69) is 10.2 Å². The summed E-state index contributed by atoms with van der Waals surface area (Å²) >= 11 is 5.82. The summed E-state index contributed by atoms with van der Waals surface area (Å²) in [6, 6.07) is 7.24. The molecule has 2 rings (SSSR count). The Morgan fingerprint density at radius 3 is 2.38 bits per heavy atom. The quantitative estimate of drug-likeness (QED) is 0.794. The Labute approximate surface area is 132 Å². The molecule has 1 heterocycles. The molecule has 0 atom stereocenters. The second-order valence-corrected chi connectivity index (χ2v) is 6.20. The number of anilines is 1. The maximum Gasteiger partial charge on any atom is 0.224 e. The number of hydrogen-bond donors (Lipinski definition) is 1. The van der Waals surface area contributed by atoms with Crippen LogP contribution in [0.2, 0.25) is 5.02 Å². The highest BCUT2D eigenvalue weighted by molar-refractivity contribution is 6.30. The van der Waals surface area contributed by atoms with Gasteiger partial charge < -0.3 is 10.2 Å². The lowest BCUT2D eigenvalue weighted by Gasteiger charge is -2.19. The summed E-state index contributed by atoms with van der Waals surface area (Å²) in [6.07, 6.45) is 8.06. The molecule has 1 saturated heterocycles. The lowest BCUT2D eigenvalue weighted by molar-refractivity contribution is -0.116. The third-order valence-corrected chi connectivity index (χ3v) is 4.21. The van der Waals surface area contributed by atoms with E-state index in [1.807, 2.05) is 12.1 Å². The molecule has 1 aromatic carbocycles. The van der Waals surface area contributed by atoms with Gasteiger partial charge in [0.25, 0.3) is 0 Å². The zero-order chi connectivity index (χ0) is 14.9. The van der Waals surface area contributed by atoms with Crippen LogP contribution in [0.1, 0.15) is 44.9 Å². The van der Waals surface area contributed by atoms with Crippen molar-refractivity contribution in [2.45, 2.75) is 44.9 Å². The zero-order valence-electron chi connectivity index (χ0n) is 12.6. The van der Waals surface area contributed by atoms with E-state index in [9.17, 15) is 4.79 Å². The van der Waals surface area contributed by atoms with Crippen LogP contribution >= 0.6 is 11.6 Å². The van der Waals surface area contributed by atoms with Crippen LogP contribution in [0.25, 0.3) is 0 Å². The molecule has 116 valence electrons. The van der Waals surface area contributed by atoms with Crippen molar-refractivity contribution in [1.29, 1.82) is 0 Å². The molecule has 1 aromatic rings. The molecule has 0 unspecified atom stereocenters. The largest absolute Gasteiger partial charge is 0.326 e. The Balaban J connectivity index is 1.59. The Bertz CT molecular complexity index is 425. The molecular formula is C17H25ClN2O. The number of amides is 1. The summed E-state index contributed by atoms with van der Waals surface area (Å²) < 4.78 is 0. The molecule has 1 aliphatic heterocycles. The molecule has 1 amide bonds. The number of nitrogens with one attached hydrogen (secondary N) is 1. The molecule has 0 spiro atoms. The van der Waals surface area contributed by atoms with E-state index in [-0.39, 0.29) is 5.91 Å². The number of carbonyl (C=O) groups is 1. The van der Waals surface area contributed by atoms with E-state index in [1.54, 1.807) is 12.1 Å². The molecule has 1 aliphatic rings. The average Bonchev–Trinajstić information content (AvgIpc) is 2.75. The minimum absolute atomic E-state index is 0.0909. The molecule has 0 saturated carbocycles. The predicted molar refractivity (Wildman–Crippen MR) is 88.8 cm³/mol. The molecular weight excluding hydrogens is 284 g/mol. The van der Waals surface area contributed by atoms with Gasteiger partial charge >= 0.3 is 0 Å². The third-order valence-electron chi connectivity index (χ3n) is 3.95. The summed E-state index contributed by atoms with van der Waals surface area (Å²) in [6.45, 7) is 3.60. The van der Waals surface area contributed by atoms with Crippen LogP contribution in [-0.4, -0.2) is 30.4 Å². The number of benzene rings is 1. The Morgan fingerprint density at radius 2 is 1.71 bits per heavy atom. The maximum atomic E-state index is 11.8. The lowest BCUT2D eigenvalue weighted by atomic mass is 10.2. The van der Waals surface area contributed by atoms with Gasteiger partial charge in [0.15, 0.2) is 0 Å². The van der Waals surface area contributed by atoms with E-state index in [1.165, 1.54) is 38.8 Å². The van der Waals surface area contributed by atoms with Crippen molar-refractivity contribution < 1.29 is 4.79 Å². The normalized spacial score (nSPS) is 16.4. The molecule has 21 heavy (non-hydrogen) atoms. The van der Waals surface area contributed by atoms with Gasteiger partial charge in [-0.3, -0.25) is 4.79 Å². The molecule has 0 aromatic heterocycles. The second-order valence-electron chi connectivity index (χ2n) is 5.77. The molecule has 0 bridgehead atoms. The van der Waals surface area contributed by atoms with Gasteiger partial charge in [0.2, 0.25) is 5.91 Å². The summed E-state index contributed by atoms with van der Waals surface area (Å²) in [5.41, 5.74) is 0.817. The zero-order valence-corrected chi connectivity index (χ0v) is 13.4.